The Morgan fingerprint density at radius 2 is 1.88 bits per heavy atom. The fraction of sp³-hybridized carbons (Fsp3) is 0.556. The van der Waals surface area contributed by atoms with E-state index in [2.05, 4.69) is 46.0 Å². The van der Waals surface area contributed by atoms with Crippen LogP contribution < -0.4 is 0 Å². The van der Waals surface area contributed by atoms with E-state index in [4.69, 9.17) is 0 Å². The van der Waals surface area contributed by atoms with Crippen molar-refractivity contribution in [3.05, 3.63) is 36.0 Å². The van der Waals surface area contributed by atoms with E-state index in [1.165, 1.54) is 10.9 Å². The van der Waals surface area contributed by atoms with Crippen molar-refractivity contribution in [2.75, 3.05) is 31.1 Å². The molecule has 0 aliphatic carbocycles. The fourth-order valence-corrected chi connectivity index (χ4v) is 6.34. The molecule has 0 saturated carbocycles. The van der Waals surface area contributed by atoms with E-state index >= 15 is 0 Å². The largest absolute Gasteiger partial charge is 0.361 e. The summed E-state index contributed by atoms with van der Waals surface area (Å²) in [4.78, 5) is 7.99. The van der Waals surface area contributed by atoms with Gasteiger partial charge in [-0.05, 0) is 42.1 Å². The van der Waals surface area contributed by atoms with Gasteiger partial charge >= 0.3 is 0 Å². The average Bonchev–Trinajstić information content (AvgIpc) is 3.12. The second-order valence-corrected chi connectivity index (χ2v) is 9.27. The number of nitrogens with one attached hydrogen (secondary N) is 1. The number of nitrogens with zero attached hydrogens (tertiary/aromatic N) is 2. The van der Waals surface area contributed by atoms with Gasteiger partial charge in [-0.3, -0.25) is 9.80 Å². The van der Waals surface area contributed by atoms with Crippen LogP contribution in [-0.4, -0.2) is 66.4 Å². The molecular weight excluding hydrogens is 322 g/mol. The Hall–Kier alpha value is -1.37. The Kier molecular flexibility index (Phi) is 4.14. The number of benzene rings is 1. The van der Waals surface area contributed by atoms with Crippen molar-refractivity contribution >= 4 is 20.7 Å². The summed E-state index contributed by atoms with van der Waals surface area (Å²) in [5, 5.41) is 1.22. The second kappa shape index (κ2) is 6.17. The van der Waals surface area contributed by atoms with Crippen molar-refractivity contribution in [1.29, 1.82) is 0 Å². The van der Waals surface area contributed by atoms with Crippen LogP contribution in [-0.2, 0) is 16.4 Å². The maximum atomic E-state index is 12.2. The van der Waals surface area contributed by atoms with Crippen molar-refractivity contribution in [2.45, 2.75) is 32.0 Å². The van der Waals surface area contributed by atoms with Gasteiger partial charge in [-0.25, -0.2) is 8.42 Å². The lowest BCUT2D eigenvalue weighted by atomic mass is 10.0. The Labute approximate surface area is 143 Å². The molecule has 0 spiro atoms. The molecule has 1 aromatic carbocycles. The summed E-state index contributed by atoms with van der Waals surface area (Å²) >= 11 is 0. The van der Waals surface area contributed by atoms with Crippen LogP contribution in [0.25, 0.3) is 10.9 Å². The highest BCUT2D eigenvalue weighted by atomic mass is 32.2. The number of fused-ring (bicyclic) bond motifs is 2. The van der Waals surface area contributed by atoms with E-state index in [1.54, 1.807) is 0 Å². The van der Waals surface area contributed by atoms with E-state index in [9.17, 15) is 8.42 Å². The van der Waals surface area contributed by atoms with Gasteiger partial charge < -0.3 is 4.98 Å². The minimum atomic E-state index is -2.92. The number of hydrogen-bond acceptors (Lipinski definition) is 4. The van der Waals surface area contributed by atoms with Gasteiger partial charge in [0.2, 0.25) is 0 Å². The summed E-state index contributed by atoms with van der Waals surface area (Å²) in [6.07, 6.45) is 3.03. The highest BCUT2D eigenvalue weighted by Gasteiger charge is 2.46. The minimum Gasteiger partial charge on any atom is -0.361 e. The smallest absolute Gasteiger partial charge is 0.153 e. The maximum absolute atomic E-state index is 12.2. The first-order valence-corrected chi connectivity index (χ1v) is 10.6. The molecule has 2 saturated heterocycles. The quantitative estimate of drug-likeness (QED) is 0.917. The van der Waals surface area contributed by atoms with Crippen molar-refractivity contribution in [1.82, 2.24) is 14.8 Å². The van der Waals surface area contributed by atoms with E-state index < -0.39 is 9.84 Å². The summed E-state index contributed by atoms with van der Waals surface area (Å²) in [5.74, 6) is 0.634. The highest BCUT2D eigenvalue weighted by molar-refractivity contribution is 7.91. The first kappa shape index (κ1) is 16.1. The molecule has 1 aromatic heterocycles. The molecule has 0 bridgehead atoms. The van der Waals surface area contributed by atoms with Crippen molar-refractivity contribution in [2.24, 2.45) is 0 Å². The molecule has 2 aliphatic heterocycles. The molecule has 0 radical (unpaired) electrons. The third-order valence-corrected chi connectivity index (χ3v) is 7.12. The van der Waals surface area contributed by atoms with Crippen LogP contribution in [0.3, 0.4) is 0 Å². The van der Waals surface area contributed by atoms with E-state index in [1.807, 2.05) is 6.20 Å². The molecule has 2 aromatic rings. The standard InChI is InChI=1S/C18H25N3O2S/c1-2-7-20-8-9-21(18-13-24(22,23)12-17(18)20)11-14-3-4-16-15(10-14)5-6-19-16/h3-6,10,17-19H,2,7-9,11-13H2,1H3/t17-,18+/m0/s1. The van der Waals surface area contributed by atoms with Crippen LogP contribution in [0.2, 0.25) is 0 Å². The molecule has 130 valence electrons. The molecule has 2 aliphatic rings. The molecule has 5 nitrogen and oxygen atoms in total. The van der Waals surface area contributed by atoms with Gasteiger partial charge in [0.25, 0.3) is 0 Å². The van der Waals surface area contributed by atoms with Gasteiger partial charge in [0.15, 0.2) is 9.84 Å². The Bertz CT molecular complexity index is 830. The number of aromatic nitrogens is 1. The molecule has 1 N–H and O–H groups in total. The van der Waals surface area contributed by atoms with E-state index in [0.717, 1.165) is 38.1 Å². The third-order valence-electron chi connectivity index (χ3n) is 5.42. The number of hydrogen-bond donors (Lipinski definition) is 1. The average molecular weight is 347 g/mol. The lowest BCUT2D eigenvalue weighted by Crippen LogP contribution is -2.58. The molecule has 0 amide bonds. The Morgan fingerprint density at radius 1 is 1.12 bits per heavy atom. The Balaban J connectivity index is 1.56. The predicted molar refractivity (Wildman–Crippen MR) is 96.8 cm³/mol. The minimum absolute atomic E-state index is 0.136. The van der Waals surface area contributed by atoms with Crippen LogP contribution in [0, 0.1) is 0 Å². The number of aromatic amines is 1. The van der Waals surface area contributed by atoms with Crippen molar-refractivity contribution in [3.63, 3.8) is 0 Å². The monoisotopic (exact) mass is 347 g/mol. The lowest BCUT2D eigenvalue weighted by molar-refractivity contribution is 0.0406. The van der Waals surface area contributed by atoms with Gasteiger partial charge in [-0.2, -0.15) is 0 Å². The zero-order chi connectivity index (χ0) is 16.7. The zero-order valence-electron chi connectivity index (χ0n) is 14.1. The summed E-state index contributed by atoms with van der Waals surface area (Å²) in [6.45, 7) is 5.91. The third kappa shape index (κ3) is 2.98. The zero-order valence-corrected chi connectivity index (χ0v) is 14.9. The number of rotatable bonds is 4. The summed E-state index contributed by atoms with van der Waals surface area (Å²) in [7, 11) is -2.92. The van der Waals surface area contributed by atoms with Gasteiger partial charge in [0.05, 0.1) is 11.5 Å². The van der Waals surface area contributed by atoms with Gasteiger partial charge in [-0.15, -0.1) is 0 Å². The maximum Gasteiger partial charge on any atom is 0.153 e. The highest BCUT2D eigenvalue weighted by Crippen LogP contribution is 2.28. The number of piperazine rings is 1. The van der Waals surface area contributed by atoms with E-state index in [0.29, 0.717) is 11.5 Å². The second-order valence-electron chi connectivity index (χ2n) is 7.12. The summed E-state index contributed by atoms with van der Waals surface area (Å²) in [5.41, 5.74) is 2.40. The molecule has 2 atom stereocenters. The van der Waals surface area contributed by atoms with Crippen LogP contribution in [0.15, 0.2) is 30.5 Å². The van der Waals surface area contributed by atoms with E-state index in [-0.39, 0.29) is 12.1 Å². The first-order valence-electron chi connectivity index (χ1n) is 8.80. The van der Waals surface area contributed by atoms with Crippen molar-refractivity contribution < 1.29 is 8.42 Å². The molecular formula is C18H25N3O2S. The first-order chi connectivity index (χ1) is 11.6. The van der Waals surface area contributed by atoms with Crippen LogP contribution in [0.5, 0.6) is 0 Å². The number of sulfone groups is 1. The van der Waals surface area contributed by atoms with Crippen molar-refractivity contribution in [3.8, 4) is 0 Å². The molecule has 6 heteroatoms. The summed E-state index contributed by atoms with van der Waals surface area (Å²) in [6, 6.07) is 8.86. The number of H-pyrrole nitrogens is 1. The summed E-state index contributed by atoms with van der Waals surface area (Å²) < 4.78 is 24.5. The molecule has 3 heterocycles. The van der Waals surface area contributed by atoms with Gasteiger partial charge in [-0.1, -0.05) is 13.0 Å². The van der Waals surface area contributed by atoms with Gasteiger partial charge in [0, 0.05) is 43.4 Å². The molecule has 24 heavy (non-hydrogen) atoms. The van der Waals surface area contributed by atoms with Gasteiger partial charge in [0.1, 0.15) is 0 Å². The lowest BCUT2D eigenvalue weighted by Gasteiger charge is -2.44. The molecule has 4 rings (SSSR count). The predicted octanol–water partition coefficient (Wildman–Crippen LogP) is 1.86. The normalized spacial score (nSPS) is 27.5. The van der Waals surface area contributed by atoms with Crippen LogP contribution >= 0.6 is 0 Å². The molecule has 2 fully saturated rings. The molecule has 0 unspecified atom stereocenters. The fourth-order valence-electron chi connectivity index (χ4n) is 4.29. The SMILES string of the molecule is CCCN1CCN(Cc2ccc3[nH]ccc3c2)[C@@H]2CS(=O)(=O)C[C@@H]21. The van der Waals surface area contributed by atoms with Crippen LogP contribution in [0.1, 0.15) is 18.9 Å². The van der Waals surface area contributed by atoms with Crippen LogP contribution in [0.4, 0.5) is 0 Å². The topological polar surface area (TPSA) is 56.4 Å². The Morgan fingerprint density at radius 3 is 2.67 bits per heavy atom.